The van der Waals surface area contributed by atoms with E-state index in [0.717, 1.165) is 17.9 Å². The fourth-order valence-corrected chi connectivity index (χ4v) is 2.66. The monoisotopic (exact) mass is 325 g/mol. The lowest BCUT2D eigenvalue weighted by Crippen LogP contribution is -2.11. The molecule has 1 aromatic carbocycles. The number of thioether (sulfide) groups is 1. The summed E-state index contributed by atoms with van der Waals surface area (Å²) >= 11 is 7.49. The third kappa shape index (κ3) is 4.99. The summed E-state index contributed by atoms with van der Waals surface area (Å²) in [6.07, 6.45) is 2.75. The number of hydrogen-bond acceptors (Lipinski definition) is 5. The third-order valence-corrected chi connectivity index (χ3v) is 3.88. The summed E-state index contributed by atoms with van der Waals surface area (Å²) in [7, 11) is 0. The van der Waals surface area contributed by atoms with Gasteiger partial charge in [0.15, 0.2) is 0 Å². The summed E-state index contributed by atoms with van der Waals surface area (Å²) in [5.74, 6) is 0.689. The van der Waals surface area contributed by atoms with Crippen LogP contribution in [0.5, 0.6) is 0 Å². The molecule has 0 spiro atoms. The molecule has 5 nitrogen and oxygen atoms in total. The first kappa shape index (κ1) is 15.7. The Morgan fingerprint density at radius 3 is 3.00 bits per heavy atom. The molecule has 2 aromatic rings. The molecule has 0 saturated heterocycles. The van der Waals surface area contributed by atoms with Crippen molar-refractivity contribution >= 4 is 40.6 Å². The van der Waals surface area contributed by atoms with E-state index in [-0.39, 0.29) is 5.91 Å². The minimum Gasteiger partial charge on any atom is -0.440 e. The van der Waals surface area contributed by atoms with Gasteiger partial charge in [-0.25, -0.2) is 4.98 Å². The van der Waals surface area contributed by atoms with E-state index in [1.165, 1.54) is 11.8 Å². The van der Waals surface area contributed by atoms with E-state index in [1.807, 2.05) is 6.92 Å². The van der Waals surface area contributed by atoms with Gasteiger partial charge >= 0.3 is 0 Å². The molecule has 7 heteroatoms. The molecule has 1 heterocycles. The summed E-state index contributed by atoms with van der Waals surface area (Å²) in [4.78, 5) is 16.0. The first-order chi connectivity index (χ1) is 10.0. The summed E-state index contributed by atoms with van der Waals surface area (Å²) < 4.78 is 5.22. The summed E-state index contributed by atoms with van der Waals surface area (Å²) in [5, 5.41) is 3.84. The quantitative estimate of drug-likeness (QED) is 0.480. The fourth-order valence-electron chi connectivity index (χ4n) is 1.64. The Morgan fingerprint density at radius 1 is 1.52 bits per heavy atom. The number of benzene rings is 1. The van der Waals surface area contributed by atoms with Crippen LogP contribution in [0.2, 0.25) is 5.02 Å². The van der Waals surface area contributed by atoms with Gasteiger partial charge in [0.05, 0.1) is 16.4 Å². The molecule has 0 unspecified atom stereocenters. The number of aryl methyl sites for hydroxylation is 1. The molecule has 0 aliphatic carbocycles. The number of rotatable bonds is 6. The predicted molar refractivity (Wildman–Crippen MR) is 85.7 cm³/mol. The van der Waals surface area contributed by atoms with Crippen molar-refractivity contribution in [2.75, 3.05) is 16.8 Å². The van der Waals surface area contributed by atoms with Crippen molar-refractivity contribution < 1.29 is 9.21 Å². The van der Waals surface area contributed by atoms with Gasteiger partial charge in [-0.2, -0.15) is 0 Å². The molecule has 0 bridgehead atoms. The van der Waals surface area contributed by atoms with Gasteiger partial charge < -0.3 is 15.5 Å². The number of nitrogen functional groups attached to an aromatic ring is 1. The fraction of sp³-hybridized carbons (Fsp3) is 0.286. The molecule has 0 fully saturated rings. The molecular formula is C14H16ClN3O2S. The molecule has 1 amide bonds. The van der Waals surface area contributed by atoms with E-state index >= 15 is 0 Å². The zero-order valence-corrected chi connectivity index (χ0v) is 13.1. The molecule has 0 atom stereocenters. The molecule has 0 aliphatic heterocycles. The highest BCUT2D eigenvalue weighted by Crippen LogP contribution is 2.24. The minimum absolute atomic E-state index is 0.0779. The normalized spacial score (nSPS) is 10.6. The van der Waals surface area contributed by atoms with E-state index in [0.29, 0.717) is 28.0 Å². The number of oxazole rings is 1. The first-order valence-corrected chi connectivity index (χ1v) is 7.81. The van der Waals surface area contributed by atoms with Crippen LogP contribution in [0.3, 0.4) is 0 Å². The molecule has 21 heavy (non-hydrogen) atoms. The average Bonchev–Trinajstić information content (AvgIpc) is 2.84. The molecule has 112 valence electrons. The van der Waals surface area contributed by atoms with Crippen LogP contribution in [-0.2, 0) is 4.79 Å². The van der Waals surface area contributed by atoms with Crippen LogP contribution in [-0.4, -0.2) is 16.6 Å². The Kier molecular flexibility index (Phi) is 5.52. The number of carbonyl (C=O) groups is 1. The number of carbonyl (C=O) groups excluding carboxylic acids is 1. The second-order valence-electron chi connectivity index (χ2n) is 4.49. The predicted octanol–water partition coefficient (Wildman–Crippen LogP) is 3.73. The summed E-state index contributed by atoms with van der Waals surface area (Å²) in [6, 6.07) is 5.00. The molecule has 0 aliphatic rings. The van der Waals surface area contributed by atoms with Gasteiger partial charge in [-0.15, -0.1) is 0 Å². The zero-order valence-electron chi connectivity index (χ0n) is 11.6. The van der Waals surface area contributed by atoms with Gasteiger partial charge in [0.2, 0.25) is 5.91 Å². The van der Waals surface area contributed by atoms with E-state index in [4.69, 9.17) is 21.8 Å². The van der Waals surface area contributed by atoms with Crippen molar-refractivity contribution in [1.29, 1.82) is 0 Å². The maximum absolute atomic E-state index is 11.8. The lowest BCUT2D eigenvalue weighted by Gasteiger charge is -2.07. The van der Waals surface area contributed by atoms with E-state index in [9.17, 15) is 4.79 Å². The zero-order chi connectivity index (χ0) is 15.2. The van der Waals surface area contributed by atoms with Gasteiger partial charge in [-0.1, -0.05) is 23.4 Å². The first-order valence-electron chi connectivity index (χ1n) is 6.44. The highest BCUT2D eigenvalue weighted by atomic mass is 35.5. The van der Waals surface area contributed by atoms with Crippen LogP contribution in [0.1, 0.15) is 18.5 Å². The number of nitrogens with two attached hydrogens (primary N) is 1. The van der Waals surface area contributed by atoms with Gasteiger partial charge in [-0.05, 0) is 31.5 Å². The molecule has 1 aromatic heterocycles. The van der Waals surface area contributed by atoms with E-state index in [2.05, 4.69) is 10.3 Å². The Labute approximate surface area is 132 Å². The van der Waals surface area contributed by atoms with Crippen molar-refractivity contribution in [3.05, 3.63) is 35.2 Å². The standard InChI is InChI=1S/C14H16ClN3O2S/c1-9-8-20-14(17-9)21-6-2-3-13(19)18-12-5-4-10(16)7-11(12)15/h4-5,7-8H,2-3,6,16H2,1H3,(H,18,19). The molecule has 0 saturated carbocycles. The van der Waals surface area contributed by atoms with Crippen molar-refractivity contribution in [3.8, 4) is 0 Å². The van der Waals surface area contributed by atoms with Gasteiger partial charge in [-0.3, -0.25) is 4.79 Å². The van der Waals surface area contributed by atoms with Crippen LogP contribution in [0.4, 0.5) is 11.4 Å². The number of nitrogens with one attached hydrogen (secondary N) is 1. The summed E-state index contributed by atoms with van der Waals surface area (Å²) in [5.41, 5.74) is 7.59. The highest BCUT2D eigenvalue weighted by Gasteiger charge is 2.07. The molecular weight excluding hydrogens is 310 g/mol. The Morgan fingerprint density at radius 2 is 2.33 bits per heavy atom. The number of nitrogens with zero attached hydrogens (tertiary/aromatic N) is 1. The second-order valence-corrected chi connectivity index (χ2v) is 5.95. The van der Waals surface area contributed by atoms with Gasteiger partial charge in [0.1, 0.15) is 6.26 Å². The lowest BCUT2D eigenvalue weighted by atomic mass is 10.2. The number of aromatic nitrogens is 1. The van der Waals surface area contributed by atoms with E-state index < -0.39 is 0 Å². The lowest BCUT2D eigenvalue weighted by molar-refractivity contribution is -0.116. The molecule has 0 radical (unpaired) electrons. The SMILES string of the molecule is Cc1coc(SCCCC(=O)Nc2ccc(N)cc2Cl)n1. The van der Waals surface area contributed by atoms with Crippen LogP contribution in [0.25, 0.3) is 0 Å². The van der Waals surface area contributed by atoms with Gasteiger partial charge in [0.25, 0.3) is 5.22 Å². The smallest absolute Gasteiger partial charge is 0.255 e. The minimum atomic E-state index is -0.0779. The molecule has 2 rings (SSSR count). The van der Waals surface area contributed by atoms with Crippen LogP contribution < -0.4 is 11.1 Å². The maximum Gasteiger partial charge on any atom is 0.255 e. The average molecular weight is 326 g/mol. The number of hydrogen-bond donors (Lipinski definition) is 2. The Bertz CT molecular complexity index is 630. The maximum atomic E-state index is 11.8. The Balaban J connectivity index is 1.72. The summed E-state index contributed by atoms with van der Waals surface area (Å²) in [6.45, 7) is 1.87. The molecule has 3 N–H and O–H groups in total. The van der Waals surface area contributed by atoms with E-state index in [1.54, 1.807) is 24.5 Å². The van der Waals surface area contributed by atoms with Crippen LogP contribution in [0, 0.1) is 6.92 Å². The second kappa shape index (κ2) is 7.38. The number of anilines is 2. The third-order valence-electron chi connectivity index (χ3n) is 2.64. The van der Waals surface area contributed by atoms with Crippen LogP contribution >= 0.6 is 23.4 Å². The Hall–Kier alpha value is -1.66. The van der Waals surface area contributed by atoms with Gasteiger partial charge in [0, 0.05) is 17.9 Å². The van der Waals surface area contributed by atoms with Crippen molar-refractivity contribution in [2.24, 2.45) is 0 Å². The highest BCUT2D eigenvalue weighted by molar-refractivity contribution is 7.99. The van der Waals surface area contributed by atoms with Crippen molar-refractivity contribution in [2.45, 2.75) is 25.0 Å². The largest absolute Gasteiger partial charge is 0.440 e. The topological polar surface area (TPSA) is 81.2 Å². The van der Waals surface area contributed by atoms with Crippen LogP contribution in [0.15, 0.2) is 34.1 Å². The number of halogens is 1. The number of amides is 1. The van der Waals surface area contributed by atoms with Crippen molar-refractivity contribution in [3.63, 3.8) is 0 Å². The van der Waals surface area contributed by atoms with Crippen molar-refractivity contribution in [1.82, 2.24) is 4.98 Å².